The maximum atomic E-state index is 12.4. The van der Waals surface area contributed by atoms with Crippen molar-refractivity contribution in [1.82, 2.24) is 29.1 Å². The average molecular weight is 298 g/mol. The zero-order valence-electron chi connectivity index (χ0n) is 11.1. The Kier molecular flexibility index (Phi) is 2.58. The van der Waals surface area contributed by atoms with Crippen LogP contribution in [0.3, 0.4) is 0 Å². The van der Waals surface area contributed by atoms with Crippen molar-refractivity contribution < 1.29 is 0 Å². The zero-order chi connectivity index (χ0) is 14.4. The Balaban J connectivity index is 1.77. The summed E-state index contributed by atoms with van der Waals surface area (Å²) >= 11 is 1.52. The molecule has 4 aromatic heterocycles. The van der Waals surface area contributed by atoms with Gasteiger partial charge in [0.25, 0.3) is 5.56 Å². The van der Waals surface area contributed by atoms with E-state index >= 15 is 0 Å². The molecule has 4 heterocycles. The van der Waals surface area contributed by atoms with Crippen molar-refractivity contribution in [1.29, 1.82) is 0 Å². The highest BCUT2D eigenvalue weighted by Crippen LogP contribution is 2.14. The van der Waals surface area contributed by atoms with E-state index in [-0.39, 0.29) is 5.56 Å². The topological polar surface area (TPSA) is 78.0 Å². The summed E-state index contributed by atoms with van der Waals surface area (Å²) in [4.78, 5) is 25.9. The van der Waals surface area contributed by atoms with Crippen LogP contribution in [0.2, 0.25) is 0 Å². The van der Waals surface area contributed by atoms with Gasteiger partial charge in [0.1, 0.15) is 5.01 Å². The van der Waals surface area contributed by atoms with Gasteiger partial charge < -0.3 is 0 Å². The molecule has 0 saturated carbocycles. The molecule has 0 aliphatic carbocycles. The van der Waals surface area contributed by atoms with E-state index in [1.54, 1.807) is 16.8 Å². The van der Waals surface area contributed by atoms with Crippen LogP contribution in [0.4, 0.5) is 0 Å². The molecule has 0 amide bonds. The van der Waals surface area contributed by atoms with E-state index in [4.69, 9.17) is 0 Å². The fourth-order valence-corrected chi connectivity index (χ4v) is 2.95. The van der Waals surface area contributed by atoms with Gasteiger partial charge in [0, 0.05) is 12.4 Å². The van der Waals surface area contributed by atoms with Gasteiger partial charge >= 0.3 is 0 Å². The van der Waals surface area contributed by atoms with Gasteiger partial charge in [-0.15, -0.1) is 0 Å². The summed E-state index contributed by atoms with van der Waals surface area (Å²) in [7, 11) is 0. The number of fused-ring (bicyclic) bond motifs is 2. The van der Waals surface area contributed by atoms with Gasteiger partial charge in [0.05, 0.1) is 35.7 Å². The molecule has 0 radical (unpaired) electrons. The SMILES string of the molecule is Cc1nn2cc(Cn3cnc4ccncc4c3=O)nc2s1. The van der Waals surface area contributed by atoms with Crippen LogP contribution < -0.4 is 5.56 Å². The Morgan fingerprint density at radius 2 is 2.29 bits per heavy atom. The second-order valence-electron chi connectivity index (χ2n) is 4.65. The number of aryl methyl sites for hydroxylation is 1. The van der Waals surface area contributed by atoms with E-state index in [1.807, 2.05) is 13.1 Å². The van der Waals surface area contributed by atoms with Crippen LogP contribution in [0.5, 0.6) is 0 Å². The predicted octanol–water partition coefficient (Wildman–Crippen LogP) is 1.25. The highest BCUT2D eigenvalue weighted by Gasteiger charge is 2.09. The van der Waals surface area contributed by atoms with Gasteiger partial charge in [-0.3, -0.25) is 14.3 Å². The molecule has 4 aromatic rings. The van der Waals surface area contributed by atoms with Crippen molar-refractivity contribution >= 4 is 27.2 Å². The Bertz CT molecular complexity index is 983. The highest BCUT2D eigenvalue weighted by molar-refractivity contribution is 7.16. The van der Waals surface area contributed by atoms with Gasteiger partial charge in [-0.25, -0.2) is 14.5 Å². The lowest BCUT2D eigenvalue weighted by Gasteiger charge is -2.03. The first-order chi connectivity index (χ1) is 10.2. The molecule has 0 bridgehead atoms. The summed E-state index contributed by atoms with van der Waals surface area (Å²) in [6.07, 6.45) is 6.53. The second-order valence-corrected chi connectivity index (χ2v) is 5.81. The van der Waals surface area contributed by atoms with Crippen LogP contribution in [0.25, 0.3) is 15.9 Å². The number of aromatic nitrogens is 6. The molecule has 21 heavy (non-hydrogen) atoms. The first-order valence-corrected chi connectivity index (χ1v) is 7.13. The molecular weight excluding hydrogens is 288 g/mol. The third-order valence-electron chi connectivity index (χ3n) is 3.15. The Labute approximate surface area is 122 Å². The van der Waals surface area contributed by atoms with Crippen LogP contribution in [0.1, 0.15) is 10.7 Å². The quantitative estimate of drug-likeness (QED) is 0.556. The van der Waals surface area contributed by atoms with Crippen LogP contribution in [0, 0.1) is 6.92 Å². The maximum absolute atomic E-state index is 12.4. The van der Waals surface area contributed by atoms with Crippen LogP contribution in [0.15, 0.2) is 35.8 Å². The summed E-state index contributed by atoms with van der Waals surface area (Å²) in [5, 5.41) is 5.77. The number of pyridine rings is 1. The molecule has 8 heteroatoms. The first-order valence-electron chi connectivity index (χ1n) is 6.31. The molecule has 7 nitrogen and oxygen atoms in total. The normalized spacial score (nSPS) is 11.5. The molecule has 0 N–H and O–H groups in total. The van der Waals surface area contributed by atoms with E-state index in [2.05, 4.69) is 20.1 Å². The van der Waals surface area contributed by atoms with E-state index < -0.39 is 0 Å². The third kappa shape index (κ3) is 2.00. The molecule has 104 valence electrons. The van der Waals surface area contributed by atoms with E-state index in [1.165, 1.54) is 28.4 Å². The third-order valence-corrected chi connectivity index (χ3v) is 3.99. The molecule has 0 spiro atoms. The Hall–Kier alpha value is -2.61. The monoisotopic (exact) mass is 298 g/mol. The minimum atomic E-state index is -0.117. The molecule has 0 fully saturated rings. The summed E-state index contributed by atoms with van der Waals surface area (Å²) in [5.41, 5.74) is 1.31. The fraction of sp³-hybridized carbons (Fsp3) is 0.154. The highest BCUT2D eigenvalue weighted by atomic mass is 32.1. The fourth-order valence-electron chi connectivity index (χ4n) is 2.21. The number of hydrogen-bond donors (Lipinski definition) is 0. The maximum Gasteiger partial charge on any atom is 0.263 e. The number of nitrogens with zero attached hydrogens (tertiary/aromatic N) is 6. The Morgan fingerprint density at radius 3 is 3.14 bits per heavy atom. The van der Waals surface area contributed by atoms with Crippen molar-refractivity contribution in [2.45, 2.75) is 13.5 Å². The van der Waals surface area contributed by atoms with Crippen molar-refractivity contribution in [3.05, 3.63) is 52.0 Å². The molecule has 4 rings (SSSR count). The van der Waals surface area contributed by atoms with Crippen molar-refractivity contribution in [2.75, 3.05) is 0 Å². The summed E-state index contributed by atoms with van der Waals surface area (Å²) < 4.78 is 3.26. The van der Waals surface area contributed by atoms with Crippen LogP contribution in [-0.4, -0.2) is 29.1 Å². The van der Waals surface area contributed by atoms with Crippen LogP contribution >= 0.6 is 11.3 Å². The lowest BCUT2D eigenvalue weighted by molar-refractivity contribution is 0.732. The molecule has 0 aliphatic heterocycles. The molecule has 0 saturated heterocycles. The smallest absolute Gasteiger partial charge is 0.263 e. The Morgan fingerprint density at radius 1 is 1.38 bits per heavy atom. The zero-order valence-corrected chi connectivity index (χ0v) is 11.9. The van der Waals surface area contributed by atoms with Crippen LogP contribution in [-0.2, 0) is 6.54 Å². The number of rotatable bonds is 2. The molecule has 0 unspecified atom stereocenters. The summed E-state index contributed by atoms with van der Waals surface area (Å²) in [6.45, 7) is 2.30. The molecule has 0 atom stereocenters. The molecular formula is C13H10N6OS. The minimum Gasteiger partial charge on any atom is -0.293 e. The summed E-state index contributed by atoms with van der Waals surface area (Å²) in [5.74, 6) is 0. The van der Waals surface area contributed by atoms with Crippen molar-refractivity contribution in [3.63, 3.8) is 0 Å². The second kappa shape index (κ2) is 4.45. The molecule has 0 aliphatic rings. The predicted molar refractivity (Wildman–Crippen MR) is 78.5 cm³/mol. The lowest BCUT2D eigenvalue weighted by Crippen LogP contribution is -2.21. The summed E-state index contributed by atoms with van der Waals surface area (Å²) in [6, 6.07) is 1.72. The number of imidazole rings is 1. The van der Waals surface area contributed by atoms with Gasteiger partial charge in [0.15, 0.2) is 0 Å². The standard InChI is InChI=1S/C13H10N6OS/c1-8-17-19-6-9(16-13(19)21-8)5-18-7-15-11-2-3-14-4-10(11)12(18)20/h2-4,6-7H,5H2,1H3. The van der Waals surface area contributed by atoms with Crippen molar-refractivity contribution in [2.24, 2.45) is 0 Å². The van der Waals surface area contributed by atoms with E-state index in [0.29, 0.717) is 17.4 Å². The van der Waals surface area contributed by atoms with Gasteiger partial charge in [-0.2, -0.15) is 5.10 Å². The lowest BCUT2D eigenvalue weighted by atomic mass is 10.3. The van der Waals surface area contributed by atoms with Gasteiger partial charge in [-0.05, 0) is 13.0 Å². The largest absolute Gasteiger partial charge is 0.293 e. The van der Waals surface area contributed by atoms with E-state index in [9.17, 15) is 4.79 Å². The molecule has 0 aromatic carbocycles. The first kappa shape index (κ1) is 12.2. The number of hydrogen-bond acceptors (Lipinski definition) is 6. The van der Waals surface area contributed by atoms with Gasteiger partial charge in [-0.1, -0.05) is 11.3 Å². The van der Waals surface area contributed by atoms with Crippen molar-refractivity contribution in [3.8, 4) is 0 Å². The average Bonchev–Trinajstić information content (AvgIpc) is 2.99. The van der Waals surface area contributed by atoms with Gasteiger partial charge in [0.2, 0.25) is 4.96 Å². The minimum absolute atomic E-state index is 0.117. The van der Waals surface area contributed by atoms with E-state index in [0.717, 1.165) is 15.7 Å².